The third-order valence-electron chi connectivity index (χ3n) is 3.71. The molecule has 5 heteroatoms. The molecule has 2 rings (SSSR count). The fourth-order valence-electron chi connectivity index (χ4n) is 2.43. The molecule has 2 aromatic rings. The number of hydrogen-bond donors (Lipinski definition) is 3. The van der Waals surface area contributed by atoms with E-state index < -0.39 is 0 Å². The van der Waals surface area contributed by atoms with Crippen molar-refractivity contribution in [1.82, 2.24) is 10.6 Å². The molecule has 0 heterocycles. The van der Waals surface area contributed by atoms with Crippen LogP contribution >= 0.6 is 0 Å². The Morgan fingerprint density at radius 2 is 1.72 bits per heavy atom. The van der Waals surface area contributed by atoms with Crippen molar-refractivity contribution in [3.63, 3.8) is 0 Å². The Hall–Kier alpha value is -2.66. The van der Waals surface area contributed by atoms with Crippen molar-refractivity contribution in [2.75, 3.05) is 25.0 Å². The Balaban J connectivity index is 2.02. The van der Waals surface area contributed by atoms with E-state index in [1.54, 1.807) is 30.3 Å². The lowest BCUT2D eigenvalue weighted by Crippen LogP contribution is -2.32. The van der Waals surface area contributed by atoms with Crippen molar-refractivity contribution in [2.24, 2.45) is 0 Å². The van der Waals surface area contributed by atoms with E-state index in [4.69, 9.17) is 0 Å². The van der Waals surface area contributed by atoms with Gasteiger partial charge < -0.3 is 16.0 Å². The smallest absolute Gasteiger partial charge is 0.255 e. The van der Waals surface area contributed by atoms with E-state index in [0.717, 1.165) is 25.1 Å². The van der Waals surface area contributed by atoms with E-state index in [-0.39, 0.29) is 11.8 Å². The largest absolute Gasteiger partial charge is 0.351 e. The third-order valence-corrected chi connectivity index (χ3v) is 3.71. The van der Waals surface area contributed by atoms with Crippen LogP contribution in [0.25, 0.3) is 0 Å². The third kappa shape index (κ3) is 5.72. The Bertz CT molecular complexity index is 728. The molecule has 0 radical (unpaired) electrons. The van der Waals surface area contributed by atoms with Gasteiger partial charge >= 0.3 is 0 Å². The highest BCUT2D eigenvalue weighted by atomic mass is 16.2. The zero-order valence-corrected chi connectivity index (χ0v) is 14.8. The summed E-state index contributed by atoms with van der Waals surface area (Å²) in [7, 11) is 0. The predicted molar refractivity (Wildman–Crippen MR) is 101 cm³/mol. The number of rotatable bonds is 8. The van der Waals surface area contributed by atoms with Gasteiger partial charge in [0.1, 0.15) is 0 Å². The van der Waals surface area contributed by atoms with E-state index in [2.05, 4.69) is 22.9 Å². The van der Waals surface area contributed by atoms with Gasteiger partial charge in [-0.3, -0.25) is 9.59 Å². The molecule has 0 unspecified atom stereocenters. The number of anilines is 1. The molecule has 0 aromatic heterocycles. The van der Waals surface area contributed by atoms with Gasteiger partial charge in [-0.05, 0) is 44.2 Å². The highest BCUT2D eigenvalue weighted by Gasteiger charge is 2.13. The van der Waals surface area contributed by atoms with Crippen LogP contribution in [0.4, 0.5) is 5.69 Å². The number of aryl methyl sites for hydroxylation is 1. The van der Waals surface area contributed by atoms with Crippen LogP contribution in [0.1, 0.15) is 39.6 Å². The highest BCUT2D eigenvalue weighted by molar-refractivity contribution is 6.09. The lowest BCUT2D eigenvalue weighted by Gasteiger charge is -2.12. The molecule has 25 heavy (non-hydrogen) atoms. The Morgan fingerprint density at radius 3 is 2.48 bits per heavy atom. The number of hydrogen-bond acceptors (Lipinski definition) is 3. The maximum Gasteiger partial charge on any atom is 0.255 e. The quantitative estimate of drug-likeness (QED) is 0.648. The number of carbonyl (C=O) groups is 2. The summed E-state index contributed by atoms with van der Waals surface area (Å²) in [5.41, 5.74) is 2.55. The van der Waals surface area contributed by atoms with Crippen LogP contribution in [0.3, 0.4) is 0 Å². The summed E-state index contributed by atoms with van der Waals surface area (Å²) in [6.45, 7) is 6.22. The SMILES string of the molecule is CCCNCCNC(=O)c1ccccc1NC(=O)c1cccc(C)c1. The molecule has 0 fully saturated rings. The van der Waals surface area contributed by atoms with Crippen molar-refractivity contribution in [3.8, 4) is 0 Å². The molecule has 0 aliphatic rings. The summed E-state index contributed by atoms with van der Waals surface area (Å²) in [6, 6.07) is 14.4. The second-order valence-electron chi connectivity index (χ2n) is 5.88. The number of benzene rings is 2. The molecule has 2 aromatic carbocycles. The average molecular weight is 339 g/mol. The van der Waals surface area contributed by atoms with Crippen LogP contribution in [0, 0.1) is 6.92 Å². The zero-order valence-electron chi connectivity index (χ0n) is 14.8. The fraction of sp³-hybridized carbons (Fsp3) is 0.300. The van der Waals surface area contributed by atoms with Crippen molar-refractivity contribution < 1.29 is 9.59 Å². The maximum absolute atomic E-state index is 12.4. The van der Waals surface area contributed by atoms with Gasteiger partial charge in [0.15, 0.2) is 0 Å². The lowest BCUT2D eigenvalue weighted by molar-refractivity contribution is 0.0955. The molecule has 132 valence electrons. The van der Waals surface area contributed by atoms with Crippen LogP contribution in [0.2, 0.25) is 0 Å². The summed E-state index contributed by atoms with van der Waals surface area (Å²) < 4.78 is 0. The summed E-state index contributed by atoms with van der Waals surface area (Å²) >= 11 is 0. The first-order valence-electron chi connectivity index (χ1n) is 8.57. The molecule has 0 saturated carbocycles. The summed E-state index contributed by atoms with van der Waals surface area (Å²) in [4.78, 5) is 24.8. The fourth-order valence-corrected chi connectivity index (χ4v) is 2.43. The second-order valence-corrected chi connectivity index (χ2v) is 5.88. The lowest BCUT2D eigenvalue weighted by atomic mass is 10.1. The molecule has 0 bridgehead atoms. The first-order valence-corrected chi connectivity index (χ1v) is 8.57. The van der Waals surface area contributed by atoms with Crippen LogP contribution in [0.15, 0.2) is 48.5 Å². The van der Waals surface area contributed by atoms with E-state index in [9.17, 15) is 9.59 Å². The van der Waals surface area contributed by atoms with Crippen molar-refractivity contribution in [3.05, 3.63) is 65.2 Å². The zero-order chi connectivity index (χ0) is 18.1. The molecule has 0 saturated heterocycles. The van der Waals surface area contributed by atoms with Gasteiger partial charge in [0, 0.05) is 18.7 Å². The molecular formula is C20H25N3O2. The van der Waals surface area contributed by atoms with Gasteiger partial charge in [-0.1, -0.05) is 36.8 Å². The maximum atomic E-state index is 12.4. The predicted octanol–water partition coefficient (Wildman–Crippen LogP) is 2.98. The number of carbonyl (C=O) groups excluding carboxylic acids is 2. The van der Waals surface area contributed by atoms with Crippen LogP contribution < -0.4 is 16.0 Å². The van der Waals surface area contributed by atoms with Gasteiger partial charge in [0.2, 0.25) is 0 Å². The Kier molecular flexibility index (Phi) is 7.16. The molecule has 0 spiro atoms. The number of amides is 2. The van der Waals surface area contributed by atoms with E-state index in [1.165, 1.54) is 0 Å². The van der Waals surface area contributed by atoms with Gasteiger partial charge in [-0.15, -0.1) is 0 Å². The minimum atomic E-state index is -0.228. The Morgan fingerprint density at radius 1 is 0.920 bits per heavy atom. The standard InChI is InChI=1S/C20H25N3O2/c1-3-11-21-12-13-22-20(25)17-9-4-5-10-18(17)23-19(24)16-8-6-7-15(2)14-16/h4-10,14,21H,3,11-13H2,1-2H3,(H,22,25)(H,23,24). The summed E-state index contributed by atoms with van der Waals surface area (Å²) in [5, 5.41) is 8.93. The first kappa shape index (κ1) is 18.7. The monoisotopic (exact) mass is 339 g/mol. The highest BCUT2D eigenvalue weighted by Crippen LogP contribution is 2.16. The van der Waals surface area contributed by atoms with Crippen LogP contribution in [0.5, 0.6) is 0 Å². The minimum Gasteiger partial charge on any atom is -0.351 e. The van der Waals surface area contributed by atoms with Gasteiger partial charge in [0.05, 0.1) is 11.3 Å². The van der Waals surface area contributed by atoms with Crippen LogP contribution in [-0.4, -0.2) is 31.4 Å². The van der Waals surface area contributed by atoms with E-state index in [0.29, 0.717) is 23.4 Å². The molecule has 2 amide bonds. The molecule has 3 N–H and O–H groups in total. The molecular weight excluding hydrogens is 314 g/mol. The van der Waals surface area contributed by atoms with Crippen molar-refractivity contribution in [1.29, 1.82) is 0 Å². The summed E-state index contributed by atoms with van der Waals surface area (Å²) in [6.07, 6.45) is 1.06. The molecule has 5 nitrogen and oxygen atoms in total. The first-order chi connectivity index (χ1) is 12.1. The normalized spacial score (nSPS) is 10.3. The van der Waals surface area contributed by atoms with Crippen molar-refractivity contribution >= 4 is 17.5 Å². The van der Waals surface area contributed by atoms with Gasteiger partial charge in [-0.25, -0.2) is 0 Å². The van der Waals surface area contributed by atoms with E-state index >= 15 is 0 Å². The van der Waals surface area contributed by atoms with Gasteiger partial charge in [0.25, 0.3) is 11.8 Å². The minimum absolute atomic E-state index is 0.196. The summed E-state index contributed by atoms with van der Waals surface area (Å²) in [5.74, 6) is -0.424. The van der Waals surface area contributed by atoms with Crippen LogP contribution in [-0.2, 0) is 0 Å². The van der Waals surface area contributed by atoms with E-state index in [1.807, 2.05) is 25.1 Å². The number of para-hydroxylation sites is 1. The average Bonchev–Trinajstić information content (AvgIpc) is 2.62. The van der Waals surface area contributed by atoms with Crippen molar-refractivity contribution in [2.45, 2.75) is 20.3 Å². The Labute approximate surface area is 148 Å². The molecule has 0 aliphatic carbocycles. The number of nitrogens with one attached hydrogen (secondary N) is 3. The molecule has 0 atom stereocenters. The van der Waals surface area contributed by atoms with Gasteiger partial charge in [-0.2, -0.15) is 0 Å². The second kappa shape index (κ2) is 9.59. The molecule has 0 aliphatic heterocycles. The topological polar surface area (TPSA) is 70.2 Å².